The number of hydrogen-bond acceptors (Lipinski definition) is 4. The van der Waals surface area contributed by atoms with E-state index in [9.17, 15) is 4.57 Å². The first-order valence-corrected chi connectivity index (χ1v) is 3.13. The van der Waals surface area contributed by atoms with Gasteiger partial charge < -0.3 is 22.9 Å². The van der Waals surface area contributed by atoms with Gasteiger partial charge in [-0.1, -0.05) is 0 Å². The summed E-state index contributed by atoms with van der Waals surface area (Å²) >= 11 is 0. The largest absolute Gasteiger partial charge is 2.00 e. The Balaban J connectivity index is -0.0000000279. The first-order valence-electron chi connectivity index (χ1n) is 1.60. The van der Waals surface area contributed by atoms with Crippen LogP contribution in [0.25, 0.3) is 0 Å². The maximum atomic E-state index is 9.22. The van der Waals surface area contributed by atoms with Crippen molar-refractivity contribution in [2.24, 2.45) is 0 Å². The molecule has 66 valence electrons. The fraction of sp³-hybridized carbons (Fsp3) is 0. The number of phosphoric acid groups is 1. The van der Waals surface area contributed by atoms with Crippen molar-refractivity contribution in [3.8, 4) is 0 Å². The first kappa shape index (κ1) is 17.6. The molecule has 0 saturated carbocycles. The minimum Gasteiger partial charge on any atom is -1.00 e. The second-order valence-electron chi connectivity index (χ2n) is 0.855. The number of carboxylic acid groups (broad SMARTS) is 2. The molecule has 0 rings (SSSR count). The molecule has 0 saturated heterocycles. The van der Waals surface area contributed by atoms with Crippen LogP contribution in [0.3, 0.4) is 0 Å². The Morgan fingerprint density at radius 3 is 1.45 bits per heavy atom. The average Bonchev–Trinajstić information content (AvgIpc) is 1.63. The van der Waals surface area contributed by atoms with Crippen LogP contribution in [-0.4, -0.2) is 69.2 Å². The van der Waals surface area contributed by atoms with Gasteiger partial charge in [0.1, 0.15) is 0 Å². The van der Waals surface area contributed by atoms with Gasteiger partial charge in [-0.05, 0) is 0 Å². The maximum absolute atomic E-state index is 9.22. The van der Waals surface area contributed by atoms with Gasteiger partial charge in [0.05, 0.1) is 0 Å². The Morgan fingerprint density at radius 1 is 1.36 bits per heavy atom. The van der Waals surface area contributed by atoms with E-state index in [1.54, 1.807) is 0 Å². The molecule has 0 aliphatic rings. The van der Waals surface area contributed by atoms with E-state index in [1.165, 1.54) is 0 Å². The normalized spacial score (nSPS) is 8.64. The zero-order valence-corrected chi connectivity index (χ0v) is 8.22. The molecule has 5 N–H and O–H groups in total. The molecular formula is CH7CaO8P. The van der Waals surface area contributed by atoms with Gasteiger partial charge in [-0.15, -0.1) is 4.67 Å². The standard InChI is InChI=1S/CH2O3.Ca.H3O5P.2H/c2-1(3)4;;1-5-6(2,3)4;;/h(H2,2,3,4);;1H,(H2,2,3,4);;/q;+2;;2*-1. The summed E-state index contributed by atoms with van der Waals surface area (Å²) in [4.78, 5) is 23.5. The summed E-state index contributed by atoms with van der Waals surface area (Å²) in [5.41, 5.74) is 0. The van der Waals surface area contributed by atoms with Crippen LogP contribution in [0.5, 0.6) is 0 Å². The van der Waals surface area contributed by atoms with Crippen LogP contribution < -0.4 is 0 Å². The summed E-state index contributed by atoms with van der Waals surface area (Å²) in [6.07, 6.45) is -1.83. The predicted octanol–water partition coefficient (Wildman–Crippen LogP) is -0.365. The van der Waals surface area contributed by atoms with Crippen LogP contribution >= 0.6 is 7.82 Å². The molecule has 0 aliphatic heterocycles. The molecule has 0 aliphatic carbocycles. The number of rotatable bonds is 1. The first-order chi connectivity index (χ1) is 4.29. The molecule has 8 nitrogen and oxygen atoms in total. The van der Waals surface area contributed by atoms with Gasteiger partial charge in [-0.3, -0.25) is 0 Å². The summed E-state index contributed by atoms with van der Waals surface area (Å²) < 4.78 is 11.8. The monoisotopic (exact) mass is 218 g/mol. The van der Waals surface area contributed by atoms with Crippen LogP contribution in [0.1, 0.15) is 2.85 Å². The Morgan fingerprint density at radius 2 is 1.45 bits per heavy atom. The Kier molecular flexibility index (Phi) is 13.9. The van der Waals surface area contributed by atoms with Crippen molar-refractivity contribution in [2.45, 2.75) is 0 Å². The molecule has 0 spiro atoms. The molecule has 11 heavy (non-hydrogen) atoms. The molecule has 0 atom stereocenters. The van der Waals surface area contributed by atoms with E-state index in [0.717, 1.165) is 0 Å². The van der Waals surface area contributed by atoms with Crippen LogP contribution in [0.2, 0.25) is 0 Å². The average molecular weight is 218 g/mol. The molecule has 10 heteroatoms. The summed E-state index contributed by atoms with van der Waals surface area (Å²) in [6.45, 7) is 0. The fourth-order valence-electron chi connectivity index (χ4n) is 0. The summed E-state index contributed by atoms with van der Waals surface area (Å²) in [5.74, 6) is 0. The fourth-order valence-corrected chi connectivity index (χ4v) is 0. The van der Waals surface area contributed by atoms with Crippen molar-refractivity contribution in [1.29, 1.82) is 0 Å². The van der Waals surface area contributed by atoms with Crippen LogP contribution in [0, 0.1) is 0 Å². The maximum Gasteiger partial charge on any atom is 2.00 e. The van der Waals surface area contributed by atoms with E-state index in [1.807, 2.05) is 0 Å². The molecule has 0 unspecified atom stereocenters. The summed E-state index contributed by atoms with van der Waals surface area (Å²) in [6, 6.07) is 0. The van der Waals surface area contributed by atoms with E-state index in [-0.39, 0.29) is 40.6 Å². The van der Waals surface area contributed by atoms with Gasteiger partial charge in [-0.25, -0.2) is 14.6 Å². The quantitative estimate of drug-likeness (QED) is 0.173. The van der Waals surface area contributed by atoms with Crippen molar-refractivity contribution >= 4 is 51.7 Å². The van der Waals surface area contributed by atoms with E-state index >= 15 is 0 Å². The predicted molar refractivity (Wildman–Crippen MR) is 34.4 cm³/mol. The molecular weight excluding hydrogens is 211 g/mol. The molecule has 0 amide bonds. The number of carbonyl (C=O) groups is 1. The second-order valence-corrected chi connectivity index (χ2v) is 2.00. The van der Waals surface area contributed by atoms with Crippen molar-refractivity contribution in [2.75, 3.05) is 0 Å². The van der Waals surface area contributed by atoms with Gasteiger partial charge in [0.15, 0.2) is 0 Å². The third-order valence-corrected chi connectivity index (χ3v) is 0.319. The van der Waals surface area contributed by atoms with E-state index in [4.69, 9.17) is 30.1 Å². The van der Waals surface area contributed by atoms with Gasteiger partial charge in [0.2, 0.25) is 0 Å². The minimum atomic E-state index is -4.59. The van der Waals surface area contributed by atoms with Gasteiger partial charge in [-0.2, -0.15) is 0 Å². The van der Waals surface area contributed by atoms with E-state index in [2.05, 4.69) is 4.67 Å². The molecule has 0 fully saturated rings. The van der Waals surface area contributed by atoms with Crippen LogP contribution in [0.4, 0.5) is 4.79 Å². The summed E-state index contributed by atoms with van der Waals surface area (Å²) in [7, 11) is -4.59. The van der Waals surface area contributed by atoms with Gasteiger partial charge in [0, 0.05) is 0 Å². The third-order valence-electron chi connectivity index (χ3n) is 0.106. The molecule has 0 aromatic rings. The summed E-state index contributed by atoms with van der Waals surface area (Å²) in [5, 5.41) is 21.1. The zero-order valence-electron chi connectivity index (χ0n) is 7.12. The molecule has 0 radical (unpaired) electrons. The molecule has 0 bridgehead atoms. The third kappa shape index (κ3) is 60.5. The van der Waals surface area contributed by atoms with Crippen molar-refractivity contribution < 1.29 is 42.1 Å². The van der Waals surface area contributed by atoms with E-state index in [0.29, 0.717) is 0 Å². The van der Waals surface area contributed by atoms with Crippen LogP contribution in [0.15, 0.2) is 0 Å². The second kappa shape index (κ2) is 8.69. The zero-order chi connectivity index (χ0) is 8.78. The Labute approximate surface area is 93.6 Å². The smallest absolute Gasteiger partial charge is 1.00 e. The van der Waals surface area contributed by atoms with Crippen molar-refractivity contribution in [3.63, 3.8) is 0 Å². The van der Waals surface area contributed by atoms with Crippen LogP contribution in [-0.2, 0) is 9.24 Å². The Hall–Kier alpha value is 0.600. The SMILES string of the molecule is O=C(O)O.O=P(O)(O)OO.[Ca+2].[H-].[H-]. The minimum absolute atomic E-state index is 0. The molecule has 0 heterocycles. The Bertz CT molecular complexity index is 141. The number of hydrogen-bond donors (Lipinski definition) is 5. The molecule has 0 aromatic carbocycles. The molecule has 0 aromatic heterocycles. The topological polar surface area (TPSA) is 145 Å². The van der Waals surface area contributed by atoms with Crippen molar-refractivity contribution in [1.82, 2.24) is 0 Å². The van der Waals surface area contributed by atoms with Crippen molar-refractivity contribution in [3.05, 3.63) is 0 Å². The van der Waals surface area contributed by atoms with Gasteiger partial charge >= 0.3 is 51.7 Å². The van der Waals surface area contributed by atoms with Gasteiger partial charge in [0.25, 0.3) is 0 Å². The van der Waals surface area contributed by atoms with E-state index < -0.39 is 14.0 Å².